The highest BCUT2D eigenvalue weighted by Gasteiger charge is 2.49. The number of thioether (sulfide) groups is 1. The molecule has 24 heavy (non-hydrogen) atoms. The van der Waals surface area contributed by atoms with Crippen LogP contribution < -0.4 is 0 Å². The number of likely N-dealkylation sites (tertiary alicyclic amines) is 2. The normalized spacial score (nSPS) is 26.2. The van der Waals surface area contributed by atoms with Crippen LogP contribution in [0, 0.1) is 6.92 Å². The lowest BCUT2D eigenvalue weighted by molar-refractivity contribution is -0.136. The van der Waals surface area contributed by atoms with Gasteiger partial charge >= 0.3 is 0 Å². The number of ether oxygens (including phenoxy) is 1. The molecular weight excluding hydrogens is 342 g/mol. The average molecular weight is 368 g/mol. The van der Waals surface area contributed by atoms with Crippen molar-refractivity contribution in [2.45, 2.75) is 43.6 Å². The summed E-state index contributed by atoms with van der Waals surface area (Å²) in [6.07, 6.45) is 3.61. The molecule has 1 spiro atoms. The van der Waals surface area contributed by atoms with Gasteiger partial charge in [-0.2, -0.15) is 0 Å². The zero-order valence-corrected chi connectivity index (χ0v) is 15.8. The average Bonchev–Trinajstić information content (AvgIpc) is 3.26. The van der Waals surface area contributed by atoms with Crippen molar-refractivity contribution in [2.24, 2.45) is 0 Å². The number of aryl methyl sites for hydroxylation is 1. The fourth-order valence-electron chi connectivity index (χ4n) is 3.94. The zero-order valence-electron chi connectivity index (χ0n) is 14.2. The quantitative estimate of drug-likeness (QED) is 0.798. The van der Waals surface area contributed by atoms with E-state index in [9.17, 15) is 4.79 Å². The Labute approximate surface area is 151 Å². The zero-order chi connectivity index (χ0) is 16.6. The van der Waals surface area contributed by atoms with Gasteiger partial charge in [0.25, 0.3) is 0 Å². The van der Waals surface area contributed by atoms with Crippen molar-refractivity contribution in [1.82, 2.24) is 14.8 Å². The lowest BCUT2D eigenvalue weighted by Gasteiger charge is -2.47. The van der Waals surface area contributed by atoms with Crippen molar-refractivity contribution in [3.8, 4) is 0 Å². The van der Waals surface area contributed by atoms with Crippen molar-refractivity contribution < 1.29 is 9.53 Å². The summed E-state index contributed by atoms with van der Waals surface area (Å²) in [5.41, 5.74) is 3.10. The second-order valence-electron chi connectivity index (χ2n) is 7.23. The molecular formula is C17H25N3O2S2. The number of hydrogen-bond donors (Lipinski definition) is 0. The van der Waals surface area contributed by atoms with Gasteiger partial charge in [0.05, 0.1) is 17.3 Å². The molecule has 0 unspecified atom stereocenters. The van der Waals surface area contributed by atoms with E-state index in [1.54, 1.807) is 11.3 Å². The molecule has 1 atom stereocenters. The Morgan fingerprint density at radius 2 is 2.21 bits per heavy atom. The van der Waals surface area contributed by atoms with Gasteiger partial charge in [0.15, 0.2) is 0 Å². The first-order chi connectivity index (χ1) is 11.6. The largest absolute Gasteiger partial charge is 0.367 e. The number of thiazole rings is 1. The molecule has 3 aliphatic rings. The smallest absolute Gasteiger partial charge is 0.248 e. The summed E-state index contributed by atoms with van der Waals surface area (Å²) in [4.78, 5) is 22.3. The molecule has 3 fully saturated rings. The van der Waals surface area contributed by atoms with Gasteiger partial charge in [0, 0.05) is 48.1 Å². The van der Waals surface area contributed by atoms with Gasteiger partial charge in [-0.05, 0) is 26.2 Å². The van der Waals surface area contributed by atoms with Crippen LogP contribution in [0.5, 0.6) is 0 Å². The minimum atomic E-state index is 0.175. The Morgan fingerprint density at radius 3 is 2.92 bits per heavy atom. The van der Waals surface area contributed by atoms with E-state index in [0.717, 1.165) is 57.7 Å². The van der Waals surface area contributed by atoms with Gasteiger partial charge in [-0.25, -0.2) is 4.98 Å². The van der Waals surface area contributed by atoms with E-state index in [1.165, 1.54) is 10.6 Å². The van der Waals surface area contributed by atoms with E-state index in [1.807, 2.05) is 22.2 Å². The highest BCUT2D eigenvalue weighted by atomic mass is 32.2. The Balaban J connectivity index is 1.20. The van der Waals surface area contributed by atoms with Crippen LogP contribution in [0.25, 0.3) is 0 Å². The number of carbonyl (C=O) groups excluding carboxylic acids is 1. The third-order valence-electron chi connectivity index (χ3n) is 5.31. The summed E-state index contributed by atoms with van der Waals surface area (Å²) < 4.78 is 6.29. The number of amides is 1. The molecule has 132 valence electrons. The number of carbonyl (C=O) groups is 1. The summed E-state index contributed by atoms with van der Waals surface area (Å²) in [6.45, 7) is 7.48. The number of hydrogen-bond acceptors (Lipinski definition) is 6. The van der Waals surface area contributed by atoms with Crippen molar-refractivity contribution in [3.05, 3.63) is 16.1 Å². The van der Waals surface area contributed by atoms with Crippen LogP contribution in [0.1, 0.15) is 29.8 Å². The molecule has 3 aliphatic heterocycles. The molecule has 0 radical (unpaired) electrons. The lowest BCUT2D eigenvalue weighted by atomic mass is 9.93. The fraction of sp³-hybridized carbons (Fsp3) is 0.765. The Hall–Kier alpha value is -0.630. The predicted molar refractivity (Wildman–Crippen MR) is 97.5 cm³/mol. The molecule has 4 heterocycles. The van der Waals surface area contributed by atoms with Crippen LogP contribution in [0.15, 0.2) is 5.51 Å². The summed E-state index contributed by atoms with van der Waals surface area (Å²) in [5, 5.41) is 0. The summed E-state index contributed by atoms with van der Waals surface area (Å²) in [5.74, 6) is 1.20. The van der Waals surface area contributed by atoms with Crippen LogP contribution in [0.4, 0.5) is 0 Å². The van der Waals surface area contributed by atoms with Crippen molar-refractivity contribution in [3.63, 3.8) is 0 Å². The summed E-state index contributed by atoms with van der Waals surface area (Å²) in [6, 6.07) is 0. The van der Waals surface area contributed by atoms with Gasteiger partial charge in [-0.1, -0.05) is 0 Å². The maximum Gasteiger partial charge on any atom is 0.248 e. The van der Waals surface area contributed by atoms with Crippen LogP contribution in [0.2, 0.25) is 0 Å². The van der Waals surface area contributed by atoms with Crippen molar-refractivity contribution >= 4 is 29.0 Å². The number of nitrogens with zero attached hydrogens (tertiary/aromatic N) is 3. The van der Waals surface area contributed by atoms with Crippen molar-refractivity contribution in [2.75, 3.05) is 38.5 Å². The Bertz CT molecular complexity index is 594. The molecule has 0 bridgehead atoms. The van der Waals surface area contributed by atoms with Crippen LogP contribution in [-0.4, -0.2) is 70.1 Å². The van der Waals surface area contributed by atoms with E-state index < -0.39 is 0 Å². The first-order valence-corrected chi connectivity index (χ1v) is 10.6. The molecule has 4 rings (SSSR count). The fourth-order valence-corrected chi connectivity index (χ4v) is 6.36. The minimum absolute atomic E-state index is 0.175. The van der Waals surface area contributed by atoms with E-state index in [0.29, 0.717) is 4.75 Å². The predicted octanol–water partition coefficient (Wildman–Crippen LogP) is 2.15. The standard InChI is InChI=1S/C17H25N3O2S2/c1-13-15(23-12-18-13)7-19-10-17(11-19)6-14(9-24-17)22-8-16(21)20-4-2-3-5-20/h12,14H,2-11H2,1H3/t14-/m0/s1. The first kappa shape index (κ1) is 16.8. The second-order valence-corrected chi connectivity index (χ2v) is 9.65. The maximum atomic E-state index is 12.1. The Kier molecular flexibility index (Phi) is 4.86. The van der Waals surface area contributed by atoms with E-state index in [4.69, 9.17) is 4.74 Å². The summed E-state index contributed by atoms with van der Waals surface area (Å²) in [7, 11) is 0. The molecule has 1 aromatic heterocycles. The van der Waals surface area contributed by atoms with E-state index in [2.05, 4.69) is 16.8 Å². The molecule has 1 aromatic rings. The van der Waals surface area contributed by atoms with E-state index in [-0.39, 0.29) is 18.6 Å². The maximum absolute atomic E-state index is 12.1. The third kappa shape index (κ3) is 3.49. The Morgan fingerprint density at radius 1 is 1.42 bits per heavy atom. The SMILES string of the molecule is Cc1ncsc1CN1CC2(C[C@H](OCC(=O)N3CCCC3)CS2)C1. The van der Waals surface area contributed by atoms with Gasteiger partial charge in [-0.3, -0.25) is 9.69 Å². The minimum Gasteiger partial charge on any atom is -0.367 e. The van der Waals surface area contributed by atoms with Gasteiger partial charge < -0.3 is 9.64 Å². The molecule has 0 saturated carbocycles. The van der Waals surface area contributed by atoms with Crippen molar-refractivity contribution in [1.29, 1.82) is 0 Å². The van der Waals surface area contributed by atoms with Gasteiger partial charge in [0.1, 0.15) is 6.61 Å². The molecule has 7 heteroatoms. The first-order valence-electron chi connectivity index (χ1n) is 8.78. The molecule has 3 saturated heterocycles. The highest BCUT2D eigenvalue weighted by molar-refractivity contribution is 8.01. The molecule has 0 aromatic carbocycles. The monoisotopic (exact) mass is 367 g/mol. The highest BCUT2D eigenvalue weighted by Crippen LogP contribution is 2.46. The second kappa shape index (κ2) is 6.94. The molecule has 5 nitrogen and oxygen atoms in total. The molecule has 1 amide bonds. The third-order valence-corrected chi connectivity index (χ3v) is 7.81. The number of rotatable bonds is 5. The van der Waals surface area contributed by atoms with Gasteiger partial charge in [-0.15, -0.1) is 23.1 Å². The van der Waals surface area contributed by atoms with E-state index >= 15 is 0 Å². The van der Waals surface area contributed by atoms with Gasteiger partial charge in [0.2, 0.25) is 5.91 Å². The topological polar surface area (TPSA) is 45.7 Å². The number of aromatic nitrogens is 1. The summed E-state index contributed by atoms with van der Waals surface area (Å²) >= 11 is 3.80. The molecule has 0 N–H and O–H groups in total. The van der Waals surface area contributed by atoms with Crippen LogP contribution in [0.3, 0.4) is 0 Å². The lowest BCUT2D eigenvalue weighted by Crippen LogP contribution is -2.58. The molecule has 0 aliphatic carbocycles. The van der Waals surface area contributed by atoms with Crippen LogP contribution >= 0.6 is 23.1 Å². The van der Waals surface area contributed by atoms with Crippen LogP contribution in [-0.2, 0) is 16.1 Å².